The largest absolute Gasteiger partial charge is 0.469 e. The summed E-state index contributed by atoms with van der Waals surface area (Å²) < 4.78 is 4.82. The van der Waals surface area contributed by atoms with Gasteiger partial charge in [-0.1, -0.05) is 27.7 Å². The minimum Gasteiger partial charge on any atom is -0.469 e. The van der Waals surface area contributed by atoms with E-state index in [-0.39, 0.29) is 17.3 Å². The molecular formula is C14H26O3. The zero-order chi connectivity index (χ0) is 13.3. The first-order valence-electron chi connectivity index (χ1n) is 6.57. The molecule has 0 radical (unpaired) electrons. The average molecular weight is 242 g/mol. The van der Waals surface area contributed by atoms with Gasteiger partial charge in [0.2, 0.25) is 0 Å². The van der Waals surface area contributed by atoms with Crippen molar-refractivity contribution >= 4 is 5.97 Å². The lowest BCUT2D eigenvalue weighted by atomic mass is 9.61. The van der Waals surface area contributed by atoms with Gasteiger partial charge in [-0.05, 0) is 37.0 Å². The lowest BCUT2D eigenvalue weighted by Gasteiger charge is -2.48. The highest BCUT2D eigenvalue weighted by atomic mass is 16.5. The number of hydrogen-bond acceptors (Lipinski definition) is 3. The van der Waals surface area contributed by atoms with E-state index in [4.69, 9.17) is 4.74 Å². The minimum atomic E-state index is -0.892. The van der Waals surface area contributed by atoms with E-state index in [0.717, 1.165) is 12.8 Å². The second-order valence-corrected chi connectivity index (χ2v) is 6.24. The van der Waals surface area contributed by atoms with Crippen molar-refractivity contribution in [2.24, 2.45) is 17.3 Å². The SMILES string of the molecule is CCC(C(=O)OC)C1(O)CCC(C)(C)CC1C. The predicted octanol–water partition coefficient (Wildman–Crippen LogP) is 2.76. The molecule has 1 saturated carbocycles. The molecule has 3 heteroatoms. The van der Waals surface area contributed by atoms with E-state index in [9.17, 15) is 9.90 Å². The molecule has 1 aliphatic rings. The number of methoxy groups -OCH3 is 1. The summed E-state index contributed by atoms with van der Waals surface area (Å²) in [7, 11) is 1.39. The van der Waals surface area contributed by atoms with Gasteiger partial charge < -0.3 is 9.84 Å². The summed E-state index contributed by atoms with van der Waals surface area (Å²) in [5, 5.41) is 10.8. The Morgan fingerprint density at radius 1 is 1.47 bits per heavy atom. The van der Waals surface area contributed by atoms with Crippen molar-refractivity contribution < 1.29 is 14.6 Å². The Bertz CT molecular complexity index is 285. The van der Waals surface area contributed by atoms with Gasteiger partial charge in [-0.3, -0.25) is 4.79 Å². The van der Waals surface area contributed by atoms with Crippen LogP contribution in [0.15, 0.2) is 0 Å². The molecule has 100 valence electrons. The number of carbonyl (C=O) groups is 1. The molecule has 0 bridgehead atoms. The van der Waals surface area contributed by atoms with Crippen molar-refractivity contribution in [2.45, 2.75) is 59.0 Å². The molecule has 0 aromatic rings. The van der Waals surface area contributed by atoms with E-state index in [2.05, 4.69) is 13.8 Å². The molecule has 3 nitrogen and oxygen atoms in total. The second kappa shape index (κ2) is 4.97. The highest BCUT2D eigenvalue weighted by Crippen LogP contribution is 2.47. The summed E-state index contributed by atoms with van der Waals surface area (Å²) in [6.07, 6.45) is 3.24. The third kappa shape index (κ3) is 2.82. The van der Waals surface area contributed by atoms with Crippen LogP contribution in [0.25, 0.3) is 0 Å². The zero-order valence-electron chi connectivity index (χ0n) is 11.7. The van der Waals surface area contributed by atoms with Crippen LogP contribution in [0.2, 0.25) is 0 Å². The van der Waals surface area contributed by atoms with Crippen LogP contribution in [0.3, 0.4) is 0 Å². The lowest BCUT2D eigenvalue weighted by molar-refractivity contribution is -0.168. The number of aliphatic hydroxyl groups is 1. The van der Waals surface area contributed by atoms with Gasteiger partial charge in [-0.15, -0.1) is 0 Å². The molecule has 0 amide bonds. The molecule has 0 heterocycles. The molecular weight excluding hydrogens is 216 g/mol. The molecule has 1 aliphatic carbocycles. The number of carbonyl (C=O) groups excluding carboxylic acids is 1. The summed E-state index contributed by atoms with van der Waals surface area (Å²) in [6.45, 7) is 8.43. The number of rotatable bonds is 3. The normalized spacial score (nSPS) is 34.1. The Morgan fingerprint density at radius 3 is 2.47 bits per heavy atom. The first-order chi connectivity index (χ1) is 7.77. The topological polar surface area (TPSA) is 46.5 Å². The molecule has 1 rings (SSSR count). The summed E-state index contributed by atoms with van der Waals surface area (Å²) in [4.78, 5) is 11.8. The smallest absolute Gasteiger partial charge is 0.311 e. The highest BCUT2D eigenvalue weighted by molar-refractivity contribution is 5.73. The summed E-state index contributed by atoms with van der Waals surface area (Å²) in [5.74, 6) is -0.532. The van der Waals surface area contributed by atoms with Gasteiger partial charge in [-0.2, -0.15) is 0 Å². The van der Waals surface area contributed by atoms with E-state index in [0.29, 0.717) is 12.8 Å². The third-order valence-corrected chi connectivity index (χ3v) is 4.41. The third-order valence-electron chi connectivity index (χ3n) is 4.41. The van der Waals surface area contributed by atoms with E-state index in [1.165, 1.54) is 7.11 Å². The summed E-state index contributed by atoms with van der Waals surface area (Å²) >= 11 is 0. The highest BCUT2D eigenvalue weighted by Gasteiger charge is 2.49. The van der Waals surface area contributed by atoms with Crippen LogP contribution in [0.1, 0.15) is 53.4 Å². The molecule has 3 atom stereocenters. The molecule has 1 N–H and O–H groups in total. The van der Waals surface area contributed by atoms with Gasteiger partial charge in [0.05, 0.1) is 18.6 Å². The van der Waals surface area contributed by atoms with E-state index in [1.807, 2.05) is 13.8 Å². The van der Waals surface area contributed by atoms with Gasteiger partial charge in [0.1, 0.15) is 0 Å². The van der Waals surface area contributed by atoms with Crippen LogP contribution in [0.4, 0.5) is 0 Å². The van der Waals surface area contributed by atoms with Crippen molar-refractivity contribution in [1.29, 1.82) is 0 Å². The fourth-order valence-electron chi connectivity index (χ4n) is 3.28. The number of esters is 1. The fourth-order valence-corrected chi connectivity index (χ4v) is 3.28. The Kier molecular flexibility index (Phi) is 4.23. The molecule has 1 fully saturated rings. The molecule has 0 spiro atoms. The van der Waals surface area contributed by atoms with Gasteiger partial charge in [-0.25, -0.2) is 0 Å². The molecule has 0 aromatic heterocycles. The first kappa shape index (κ1) is 14.5. The van der Waals surface area contributed by atoms with Gasteiger partial charge >= 0.3 is 5.97 Å². The zero-order valence-corrected chi connectivity index (χ0v) is 11.7. The van der Waals surface area contributed by atoms with Crippen molar-refractivity contribution in [2.75, 3.05) is 7.11 Å². The lowest BCUT2D eigenvalue weighted by Crippen LogP contribution is -2.52. The number of ether oxygens (including phenoxy) is 1. The van der Waals surface area contributed by atoms with Gasteiger partial charge in [0, 0.05) is 0 Å². The van der Waals surface area contributed by atoms with Gasteiger partial charge in [0.25, 0.3) is 0 Å². The van der Waals surface area contributed by atoms with Crippen LogP contribution < -0.4 is 0 Å². The predicted molar refractivity (Wildman–Crippen MR) is 67.5 cm³/mol. The van der Waals surface area contributed by atoms with E-state index >= 15 is 0 Å². The summed E-state index contributed by atoms with van der Waals surface area (Å²) in [6, 6.07) is 0. The van der Waals surface area contributed by atoms with Crippen LogP contribution in [-0.2, 0) is 9.53 Å². The first-order valence-corrected chi connectivity index (χ1v) is 6.57. The minimum absolute atomic E-state index is 0.135. The fraction of sp³-hybridized carbons (Fsp3) is 0.929. The van der Waals surface area contributed by atoms with Crippen molar-refractivity contribution in [1.82, 2.24) is 0 Å². The molecule has 0 aromatic carbocycles. The molecule has 0 aliphatic heterocycles. The van der Waals surface area contributed by atoms with Crippen LogP contribution in [-0.4, -0.2) is 23.8 Å². The maximum atomic E-state index is 11.8. The molecule has 3 unspecified atom stereocenters. The Balaban J connectivity index is 2.90. The quantitative estimate of drug-likeness (QED) is 0.774. The second-order valence-electron chi connectivity index (χ2n) is 6.24. The van der Waals surface area contributed by atoms with Crippen molar-refractivity contribution in [3.63, 3.8) is 0 Å². The monoisotopic (exact) mass is 242 g/mol. The standard InChI is InChI=1S/C14H26O3/c1-6-11(12(15)17-5)14(16)8-7-13(3,4)9-10(14)2/h10-11,16H,6-9H2,1-5H3. The summed E-state index contributed by atoms with van der Waals surface area (Å²) in [5.41, 5.74) is -0.628. The Labute approximate surface area is 105 Å². The van der Waals surface area contributed by atoms with Crippen molar-refractivity contribution in [3.05, 3.63) is 0 Å². The van der Waals surface area contributed by atoms with E-state index < -0.39 is 11.5 Å². The maximum Gasteiger partial charge on any atom is 0.311 e. The van der Waals surface area contributed by atoms with Crippen LogP contribution >= 0.6 is 0 Å². The number of hydrogen-bond donors (Lipinski definition) is 1. The van der Waals surface area contributed by atoms with Crippen molar-refractivity contribution in [3.8, 4) is 0 Å². The Morgan fingerprint density at radius 2 is 2.06 bits per heavy atom. The van der Waals surface area contributed by atoms with Crippen LogP contribution in [0.5, 0.6) is 0 Å². The Hall–Kier alpha value is -0.570. The molecule has 17 heavy (non-hydrogen) atoms. The maximum absolute atomic E-state index is 11.8. The average Bonchev–Trinajstić information content (AvgIpc) is 2.25. The molecule has 0 saturated heterocycles. The van der Waals surface area contributed by atoms with E-state index in [1.54, 1.807) is 0 Å². The van der Waals surface area contributed by atoms with Gasteiger partial charge in [0.15, 0.2) is 0 Å². The van der Waals surface area contributed by atoms with Crippen LogP contribution in [0, 0.1) is 17.3 Å².